The summed E-state index contributed by atoms with van der Waals surface area (Å²) in [5.41, 5.74) is 9.78. The Morgan fingerprint density at radius 3 is 1.53 bits per heavy atom. The summed E-state index contributed by atoms with van der Waals surface area (Å²) in [7, 11) is 0. The summed E-state index contributed by atoms with van der Waals surface area (Å²) in [4.78, 5) is 0. The average molecular weight is 256 g/mol. The van der Waals surface area contributed by atoms with Crippen molar-refractivity contribution in [1.82, 2.24) is 0 Å². The molecule has 0 heterocycles. The normalized spacial score (nSPS) is 20.3. The average Bonchev–Trinajstić information content (AvgIpc) is 2.92. The first-order valence-corrected chi connectivity index (χ1v) is 7.72. The van der Waals surface area contributed by atoms with Gasteiger partial charge >= 0.3 is 0 Å². The molecule has 0 spiro atoms. The Kier molecular flexibility index (Phi) is 3.90. The molecule has 19 heavy (non-hydrogen) atoms. The van der Waals surface area contributed by atoms with Crippen LogP contribution in [0.25, 0.3) is 0 Å². The molecule has 0 fully saturated rings. The van der Waals surface area contributed by atoms with Gasteiger partial charge in [0.15, 0.2) is 0 Å². The molecule has 0 aromatic rings. The van der Waals surface area contributed by atoms with E-state index in [2.05, 4.69) is 53.7 Å². The Morgan fingerprint density at radius 1 is 0.842 bits per heavy atom. The first kappa shape index (κ1) is 14.4. The van der Waals surface area contributed by atoms with Crippen LogP contribution < -0.4 is 0 Å². The highest BCUT2D eigenvalue weighted by molar-refractivity contribution is 5.52. The van der Waals surface area contributed by atoms with Gasteiger partial charge in [-0.3, -0.25) is 0 Å². The maximum absolute atomic E-state index is 2.43. The molecule has 0 amide bonds. The lowest BCUT2D eigenvalue weighted by Crippen LogP contribution is -2.19. The molecule has 0 heteroatoms. The second kappa shape index (κ2) is 5.15. The Bertz CT molecular complexity index is 458. The molecule has 0 aliphatic heterocycles. The third-order valence-corrected chi connectivity index (χ3v) is 5.12. The highest BCUT2D eigenvalue weighted by atomic mass is 14.4. The van der Waals surface area contributed by atoms with Crippen LogP contribution in [0.15, 0.2) is 45.6 Å². The predicted molar refractivity (Wildman–Crippen MR) is 85.2 cm³/mol. The van der Waals surface area contributed by atoms with Gasteiger partial charge in [0.1, 0.15) is 0 Å². The van der Waals surface area contributed by atoms with Crippen molar-refractivity contribution in [2.45, 2.75) is 67.2 Å². The Morgan fingerprint density at radius 2 is 1.21 bits per heavy atom. The fourth-order valence-corrected chi connectivity index (χ4v) is 3.91. The van der Waals surface area contributed by atoms with Crippen LogP contribution in [0, 0.1) is 5.41 Å². The van der Waals surface area contributed by atoms with Gasteiger partial charge in [-0.15, -0.1) is 0 Å². The molecule has 0 saturated carbocycles. The summed E-state index contributed by atoms with van der Waals surface area (Å²) in [6.07, 6.45) is 9.47. The minimum Gasteiger partial charge on any atom is -0.0772 e. The van der Waals surface area contributed by atoms with Crippen molar-refractivity contribution in [1.29, 1.82) is 0 Å². The third kappa shape index (κ3) is 2.26. The molecule has 0 nitrogen and oxygen atoms in total. The molecule has 0 aromatic heterocycles. The van der Waals surface area contributed by atoms with Crippen LogP contribution in [0.2, 0.25) is 0 Å². The second-order valence-electron chi connectivity index (χ2n) is 6.43. The van der Waals surface area contributed by atoms with E-state index in [1.165, 1.54) is 24.0 Å². The SMILES string of the molecule is CCC1=C(C(C)(C)C2=C(CC)C(C)=CC2)CC=C1C. The van der Waals surface area contributed by atoms with Gasteiger partial charge in [-0.2, -0.15) is 0 Å². The van der Waals surface area contributed by atoms with Crippen molar-refractivity contribution in [3.8, 4) is 0 Å². The van der Waals surface area contributed by atoms with Gasteiger partial charge in [-0.25, -0.2) is 0 Å². The lowest BCUT2D eigenvalue weighted by atomic mass is 9.72. The van der Waals surface area contributed by atoms with Crippen LogP contribution in [0.4, 0.5) is 0 Å². The van der Waals surface area contributed by atoms with Crippen LogP contribution in [-0.4, -0.2) is 0 Å². The van der Waals surface area contributed by atoms with Crippen LogP contribution in [0.5, 0.6) is 0 Å². The Labute approximate surface area is 119 Å². The van der Waals surface area contributed by atoms with Crippen LogP contribution in [0.1, 0.15) is 67.2 Å². The summed E-state index contributed by atoms with van der Waals surface area (Å²) in [5.74, 6) is 0. The summed E-state index contributed by atoms with van der Waals surface area (Å²) >= 11 is 0. The minimum atomic E-state index is 0.221. The summed E-state index contributed by atoms with van der Waals surface area (Å²) in [6, 6.07) is 0. The topological polar surface area (TPSA) is 0 Å². The highest BCUT2D eigenvalue weighted by Gasteiger charge is 2.34. The van der Waals surface area contributed by atoms with E-state index in [-0.39, 0.29) is 5.41 Å². The van der Waals surface area contributed by atoms with Gasteiger partial charge in [-0.05, 0) is 50.7 Å². The quantitative estimate of drug-likeness (QED) is 0.568. The maximum Gasteiger partial charge on any atom is 0.00820 e. The molecule has 2 aliphatic carbocycles. The molecule has 104 valence electrons. The van der Waals surface area contributed by atoms with Gasteiger partial charge in [0.2, 0.25) is 0 Å². The van der Waals surface area contributed by atoms with E-state index in [0.717, 1.165) is 12.8 Å². The molecule has 0 unspecified atom stereocenters. The van der Waals surface area contributed by atoms with E-state index in [9.17, 15) is 0 Å². The fourth-order valence-electron chi connectivity index (χ4n) is 3.91. The maximum atomic E-state index is 2.43. The van der Waals surface area contributed by atoms with Gasteiger partial charge < -0.3 is 0 Å². The molecule has 2 aliphatic rings. The van der Waals surface area contributed by atoms with E-state index < -0.39 is 0 Å². The summed E-state index contributed by atoms with van der Waals surface area (Å²) < 4.78 is 0. The second-order valence-corrected chi connectivity index (χ2v) is 6.43. The zero-order valence-electron chi connectivity index (χ0n) is 13.5. The highest BCUT2D eigenvalue weighted by Crippen LogP contribution is 2.49. The number of hydrogen-bond donors (Lipinski definition) is 0. The molecule has 0 aromatic carbocycles. The lowest BCUT2D eigenvalue weighted by molar-refractivity contribution is 0.511. The van der Waals surface area contributed by atoms with E-state index in [0.29, 0.717) is 0 Å². The summed E-state index contributed by atoms with van der Waals surface area (Å²) in [5, 5.41) is 0. The van der Waals surface area contributed by atoms with Crippen LogP contribution in [0.3, 0.4) is 0 Å². The van der Waals surface area contributed by atoms with Gasteiger partial charge in [0.05, 0.1) is 0 Å². The molecule has 0 radical (unpaired) electrons. The standard InChI is InChI=1S/C19H28/c1-7-15-13(3)9-11-17(15)19(5,6)18-12-10-14(4)16(18)8-2/h9-10H,7-8,11-12H2,1-6H3. The summed E-state index contributed by atoms with van der Waals surface area (Å²) in [6.45, 7) is 14.0. The van der Waals surface area contributed by atoms with E-state index in [1.807, 2.05) is 0 Å². The Balaban J connectivity index is 2.45. The molecule has 0 atom stereocenters. The van der Waals surface area contributed by atoms with Crippen molar-refractivity contribution in [2.75, 3.05) is 0 Å². The molecular weight excluding hydrogens is 228 g/mol. The third-order valence-electron chi connectivity index (χ3n) is 5.12. The smallest absolute Gasteiger partial charge is 0.00820 e. The minimum absolute atomic E-state index is 0.221. The van der Waals surface area contributed by atoms with E-state index >= 15 is 0 Å². The van der Waals surface area contributed by atoms with Crippen molar-refractivity contribution in [2.24, 2.45) is 5.41 Å². The van der Waals surface area contributed by atoms with Crippen LogP contribution in [-0.2, 0) is 0 Å². The molecule has 2 rings (SSSR count). The monoisotopic (exact) mass is 256 g/mol. The predicted octanol–water partition coefficient (Wildman–Crippen LogP) is 6.13. The first-order valence-electron chi connectivity index (χ1n) is 7.72. The van der Waals surface area contributed by atoms with E-state index in [4.69, 9.17) is 0 Å². The largest absolute Gasteiger partial charge is 0.0772 e. The van der Waals surface area contributed by atoms with Crippen molar-refractivity contribution < 1.29 is 0 Å². The zero-order chi connectivity index (χ0) is 14.2. The molecular formula is C19H28. The number of allylic oxidation sites excluding steroid dienone is 8. The zero-order valence-corrected chi connectivity index (χ0v) is 13.5. The number of rotatable bonds is 4. The van der Waals surface area contributed by atoms with Crippen LogP contribution >= 0.6 is 0 Å². The lowest BCUT2D eigenvalue weighted by Gasteiger charge is -2.32. The molecule has 0 saturated heterocycles. The van der Waals surface area contributed by atoms with Crippen molar-refractivity contribution in [3.63, 3.8) is 0 Å². The van der Waals surface area contributed by atoms with Crippen molar-refractivity contribution >= 4 is 0 Å². The van der Waals surface area contributed by atoms with Gasteiger partial charge in [0.25, 0.3) is 0 Å². The molecule has 0 bridgehead atoms. The molecule has 0 N–H and O–H groups in total. The van der Waals surface area contributed by atoms with Crippen molar-refractivity contribution in [3.05, 3.63) is 45.6 Å². The first-order chi connectivity index (χ1) is 8.93. The van der Waals surface area contributed by atoms with Gasteiger partial charge in [0, 0.05) is 5.41 Å². The Hall–Kier alpha value is -1.04. The van der Waals surface area contributed by atoms with E-state index in [1.54, 1.807) is 22.3 Å². The fraction of sp³-hybridized carbons (Fsp3) is 0.579. The van der Waals surface area contributed by atoms with Gasteiger partial charge in [-0.1, -0.05) is 62.1 Å². The number of hydrogen-bond acceptors (Lipinski definition) is 0.